The summed E-state index contributed by atoms with van der Waals surface area (Å²) in [6.07, 6.45) is 0. The number of hydrogen-bond acceptors (Lipinski definition) is 1. The summed E-state index contributed by atoms with van der Waals surface area (Å²) in [5, 5.41) is 0. The molecule has 0 aliphatic rings. The van der Waals surface area contributed by atoms with Gasteiger partial charge in [0.1, 0.15) is 0 Å². The van der Waals surface area contributed by atoms with Crippen LogP contribution < -0.4 is 0 Å². The molecule has 0 fully saturated rings. The number of thioether (sulfide) groups is 1. The molecule has 0 saturated carbocycles. The van der Waals surface area contributed by atoms with Gasteiger partial charge < -0.3 is 0 Å². The Morgan fingerprint density at radius 3 is 2.12 bits per heavy atom. The van der Waals surface area contributed by atoms with Gasteiger partial charge in [0, 0.05) is 10.6 Å². The molecule has 0 saturated heterocycles. The zero-order chi connectivity index (χ0) is 6.62. The van der Waals surface area contributed by atoms with Crippen molar-refractivity contribution < 1.29 is 0 Å². The van der Waals surface area contributed by atoms with E-state index in [1.165, 1.54) is 0 Å². The highest BCUT2D eigenvalue weighted by atomic mass is 35.5. The van der Waals surface area contributed by atoms with Crippen molar-refractivity contribution in [3.63, 3.8) is 0 Å². The molecular weight excluding hydrogens is 140 g/mol. The monoisotopic (exact) mass is 152 g/mol. The molecule has 0 bridgehead atoms. The summed E-state index contributed by atoms with van der Waals surface area (Å²) >= 11 is 7.77. The van der Waals surface area contributed by atoms with Gasteiger partial charge in [-0.2, -0.15) is 11.8 Å². The maximum absolute atomic E-state index is 5.89. The third-order valence-electron chi connectivity index (χ3n) is 0.649. The van der Waals surface area contributed by atoms with Gasteiger partial charge in [-0.1, -0.05) is 6.92 Å². The van der Waals surface area contributed by atoms with Gasteiger partial charge >= 0.3 is 0 Å². The van der Waals surface area contributed by atoms with Crippen molar-refractivity contribution in [1.29, 1.82) is 0 Å². The lowest BCUT2D eigenvalue weighted by Gasteiger charge is -2.12. The lowest BCUT2D eigenvalue weighted by Crippen LogP contribution is -2.13. The van der Waals surface area contributed by atoms with E-state index >= 15 is 0 Å². The van der Waals surface area contributed by atoms with Gasteiger partial charge in [0.05, 0.1) is 0 Å². The molecule has 0 rings (SSSR count). The first-order valence-corrected chi connectivity index (χ1v) is 4.36. The molecule has 0 atom stereocenters. The second kappa shape index (κ2) is 3.62. The van der Waals surface area contributed by atoms with Gasteiger partial charge in [0.15, 0.2) is 0 Å². The van der Waals surface area contributed by atoms with E-state index in [4.69, 9.17) is 11.6 Å². The fourth-order valence-electron chi connectivity index (χ4n) is 0.345. The second-order valence-corrected chi connectivity index (χ2v) is 4.65. The molecule has 8 heavy (non-hydrogen) atoms. The number of hydrogen-bond donors (Lipinski definition) is 0. The van der Waals surface area contributed by atoms with Crippen molar-refractivity contribution in [3.05, 3.63) is 0 Å². The highest BCUT2D eigenvalue weighted by molar-refractivity contribution is 7.99. The van der Waals surface area contributed by atoms with E-state index in [9.17, 15) is 0 Å². The molecule has 50 valence electrons. The Morgan fingerprint density at radius 1 is 1.50 bits per heavy atom. The Morgan fingerprint density at radius 2 is 2.00 bits per heavy atom. The van der Waals surface area contributed by atoms with Gasteiger partial charge in [0.25, 0.3) is 0 Å². The van der Waals surface area contributed by atoms with Crippen LogP contribution in [0.15, 0.2) is 0 Å². The van der Waals surface area contributed by atoms with Crippen LogP contribution in [0.2, 0.25) is 0 Å². The van der Waals surface area contributed by atoms with Crippen molar-refractivity contribution in [2.75, 3.05) is 11.5 Å². The Bertz CT molecular complexity index is 56.0. The first-order valence-electron chi connectivity index (χ1n) is 2.83. The molecule has 0 unspecified atom stereocenters. The minimum absolute atomic E-state index is 0.0132. The summed E-state index contributed by atoms with van der Waals surface area (Å²) in [7, 11) is 0. The third-order valence-corrected chi connectivity index (χ3v) is 2.28. The van der Waals surface area contributed by atoms with Gasteiger partial charge in [0.2, 0.25) is 0 Å². The van der Waals surface area contributed by atoms with Crippen LogP contribution >= 0.6 is 23.4 Å². The van der Waals surface area contributed by atoms with E-state index in [0.29, 0.717) is 0 Å². The Labute approximate surface area is 61.0 Å². The molecule has 0 aliphatic carbocycles. The fourth-order valence-corrected chi connectivity index (χ4v) is 1.27. The van der Waals surface area contributed by atoms with Crippen LogP contribution in [-0.2, 0) is 0 Å². The van der Waals surface area contributed by atoms with Crippen LogP contribution in [0.5, 0.6) is 0 Å². The van der Waals surface area contributed by atoms with Crippen LogP contribution in [0.25, 0.3) is 0 Å². The van der Waals surface area contributed by atoms with Crippen molar-refractivity contribution in [3.8, 4) is 0 Å². The molecule has 0 nitrogen and oxygen atoms in total. The van der Waals surface area contributed by atoms with Crippen molar-refractivity contribution in [1.82, 2.24) is 0 Å². The Balaban J connectivity index is 3.11. The predicted octanol–water partition coefficient (Wildman–Crippen LogP) is 2.76. The topological polar surface area (TPSA) is 0 Å². The quantitative estimate of drug-likeness (QED) is 0.561. The van der Waals surface area contributed by atoms with E-state index in [0.717, 1.165) is 11.5 Å². The van der Waals surface area contributed by atoms with E-state index in [2.05, 4.69) is 6.92 Å². The molecule has 0 radical (unpaired) electrons. The zero-order valence-corrected chi connectivity index (χ0v) is 7.27. The van der Waals surface area contributed by atoms with E-state index in [-0.39, 0.29) is 4.87 Å². The fraction of sp³-hybridized carbons (Fsp3) is 1.00. The minimum Gasteiger partial charge on any atom is -0.160 e. The van der Waals surface area contributed by atoms with Crippen LogP contribution in [-0.4, -0.2) is 16.4 Å². The first-order chi connectivity index (χ1) is 3.56. The lowest BCUT2D eigenvalue weighted by atomic mass is 10.3. The molecule has 0 N–H and O–H groups in total. The minimum atomic E-state index is -0.0132. The van der Waals surface area contributed by atoms with Crippen LogP contribution in [0, 0.1) is 0 Å². The summed E-state index contributed by atoms with van der Waals surface area (Å²) in [5.41, 5.74) is 0. The van der Waals surface area contributed by atoms with Gasteiger partial charge in [-0.25, -0.2) is 0 Å². The summed E-state index contributed by atoms with van der Waals surface area (Å²) < 4.78 is 0. The zero-order valence-electron chi connectivity index (χ0n) is 5.70. The average Bonchev–Trinajstić information content (AvgIpc) is 1.59. The maximum Gasteiger partial charge on any atom is 0.0480 e. The number of rotatable bonds is 3. The summed E-state index contributed by atoms with van der Waals surface area (Å²) in [6.45, 7) is 6.22. The molecule has 0 heterocycles. The van der Waals surface area contributed by atoms with Gasteiger partial charge in [-0.05, 0) is 19.6 Å². The van der Waals surface area contributed by atoms with Gasteiger partial charge in [-0.15, -0.1) is 11.6 Å². The smallest absolute Gasteiger partial charge is 0.0480 e. The highest BCUT2D eigenvalue weighted by Crippen LogP contribution is 2.18. The predicted molar refractivity (Wildman–Crippen MR) is 42.9 cm³/mol. The molecule has 0 spiro atoms. The van der Waals surface area contributed by atoms with Crippen molar-refractivity contribution >= 4 is 23.4 Å². The lowest BCUT2D eigenvalue weighted by molar-refractivity contribution is 0.801. The molecule has 2 heteroatoms. The van der Waals surface area contributed by atoms with E-state index < -0.39 is 0 Å². The average molecular weight is 153 g/mol. The largest absolute Gasteiger partial charge is 0.160 e. The van der Waals surface area contributed by atoms with E-state index in [1.54, 1.807) is 0 Å². The number of halogens is 1. The highest BCUT2D eigenvalue weighted by Gasteiger charge is 2.11. The van der Waals surface area contributed by atoms with Crippen molar-refractivity contribution in [2.24, 2.45) is 0 Å². The molecule has 0 aromatic rings. The van der Waals surface area contributed by atoms with Crippen LogP contribution in [0.3, 0.4) is 0 Å². The molecular formula is C6H13ClS. The normalized spacial score (nSPS) is 12.0. The molecule has 0 aromatic carbocycles. The van der Waals surface area contributed by atoms with Crippen molar-refractivity contribution in [2.45, 2.75) is 25.6 Å². The summed E-state index contributed by atoms with van der Waals surface area (Å²) in [6, 6.07) is 0. The number of alkyl halides is 1. The SMILES string of the molecule is CCSCC(C)(C)Cl. The van der Waals surface area contributed by atoms with Gasteiger partial charge in [-0.3, -0.25) is 0 Å². The second-order valence-electron chi connectivity index (χ2n) is 2.36. The van der Waals surface area contributed by atoms with Crippen LogP contribution in [0.1, 0.15) is 20.8 Å². The van der Waals surface area contributed by atoms with Crippen LogP contribution in [0.4, 0.5) is 0 Å². The maximum atomic E-state index is 5.89. The third kappa shape index (κ3) is 6.64. The summed E-state index contributed by atoms with van der Waals surface area (Å²) in [5.74, 6) is 2.21. The van der Waals surface area contributed by atoms with E-state index in [1.807, 2.05) is 25.6 Å². The molecule has 0 aromatic heterocycles. The Kier molecular flexibility index (Phi) is 3.91. The summed E-state index contributed by atoms with van der Waals surface area (Å²) in [4.78, 5) is -0.0132. The Hall–Kier alpha value is 0.640. The molecule has 0 aliphatic heterocycles. The first kappa shape index (κ1) is 8.64. The molecule has 0 amide bonds. The standard InChI is InChI=1S/C6H13ClS/c1-4-8-5-6(2,3)7/h4-5H2,1-3H3.